The van der Waals surface area contributed by atoms with Crippen molar-refractivity contribution in [2.24, 2.45) is 0 Å². The Morgan fingerprint density at radius 1 is 1.59 bits per heavy atom. The Balaban J connectivity index is 1.96. The van der Waals surface area contributed by atoms with Crippen LogP contribution in [0, 0.1) is 0 Å². The van der Waals surface area contributed by atoms with Crippen LogP contribution in [0.4, 0.5) is 0 Å². The summed E-state index contributed by atoms with van der Waals surface area (Å²) in [5, 5.41) is 2.96. The summed E-state index contributed by atoms with van der Waals surface area (Å²) in [5.41, 5.74) is 1.15. The summed E-state index contributed by atoms with van der Waals surface area (Å²) in [5.74, 6) is 0.350. The van der Waals surface area contributed by atoms with Gasteiger partial charge in [-0.2, -0.15) is 0 Å². The molecule has 1 aliphatic rings. The molecule has 17 heavy (non-hydrogen) atoms. The fraction of sp³-hybridized carbons (Fsp3) is 0.667. The lowest BCUT2D eigenvalue weighted by atomic mass is 9.95. The average molecular weight is 254 g/mol. The van der Waals surface area contributed by atoms with Crippen LogP contribution >= 0.6 is 11.3 Å². The van der Waals surface area contributed by atoms with Crippen molar-refractivity contribution in [1.82, 2.24) is 9.88 Å². The monoisotopic (exact) mass is 254 g/mol. The summed E-state index contributed by atoms with van der Waals surface area (Å²) < 4.78 is 4.64. The number of ether oxygens (including phenoxy) is 1. The first-order chi connectivity index (χ1) is 8.19. The lowest BCUT2D eigenvalue weighted by molar-refractivity contribution is -0.139. The molecule has 1 aromatic heterocycles. The number of aromatic nitrogens is 1. The smallest absolute Gasteiger partial charge is 0.312 e. The molecule has 94 valence electrons. The summed E-state index contributed by atoms with van der Waals surface area (Å²) >= 11 is 1.56. The maximum atomic E-state index is 11.1. The standard InChI is InChI=1S/C12H18N2O2S/c1-14-5-3-9(4-6-14)10-8-17-11(13-10)7-12(15)16-2/h8-9H,3-7H2,1-2H3. The van der Waals surface area contributed by atoms with Crippen LogP contribution in [0.15, 0.2) is 5.38 Å². The number of nitrogens with zero attached hydrogens (tertiary/aromatic N) is 2. The molecule has 5 heteroatoms. The van der Waals surface area contributed by atoms with Gasteiger partial charge in [0.15, 0.2) is 0 Å². The van der Waals surface area contributed by atoms with Crippen molar-refractivity contribution in [2.75, 3.05) is 27.2 Å². The molecule has 0 aromatic carbocycles. The van der Waals surface area contributed by atoms with Gasteiger partial charge in [0.05, 0.1) is 19.2 Å². The van der Waals surface area contributed by atoms with Crippen molar-refractivity contribution < 1.29 is 9.53 Å². The van der Waals surface area contributed by atoms with E-state index in [1.54, 1.807) is 11.3 Å². The van der Waals surface area contributed by atoms with Crippen molar-refractivity contribution in [3.8, 4) is 0 Å². The Morgan fingerprint density at radius 2 is 2.29 bits per heavy atom. The molecular weight excluding hydrogens is 236 g/mol. The zero-order valence-corrected chi connectivity index (χ0v) is 11.1. The van der Waals surface area contributed by atoms with Gasteiger partial charge in [-0.1, -0.05) is 0 Å². The number of carbonyl (C=O) groups excluding carboxylic acids is 1. The molecule has 2 rings (SSSR count). The second-order valence-electron chi connectivity index (χ2n) is 4.50. The quantitative estimate of drug-likeness (QED) is 0.770. The van der Waals surface area contributed by atoms with Gasteiger partial charge in [-0.3, -0.25) is 4.79 Å². The number of carbonyl (C=O) groups is 1. The van der Waals surface area contributed by atoms with Crippen molar-refractivity contribution in [3.05, 3.63) is 16.1 Å². The van der Waals surface area contributed by atoms with Gasteiger partial charge in [-0.15, -0.1) is 11.3 Å². The maximum Gasteiger partial charge on any atom is 0.312 e. The zero-order valence-electron chi connectivity index (χ0n) is 10.3. The third-order valence-electron chi connectivity index (χ3n) is 3.23. The summed E-state index contributed by atoms with van der Waals surface area (Å²) in [6.07, 6.45) is 2.63. The topological polar surface area (TPSA) is 42.4 Å². The molecule has 4 nitrogen and oxygen atoms in total. The lowest BCUT2D eigenvalue weighted by Crippen LogP contribution is -2.29. The van der Waals surface area contributed by atoms with Crippen molar-refractivity contribution in [3.63, 3.8) is 0 Å². The number of hydrogen-bond acceptors (Lipinski definition) is 5. The SMILES string of the molecule is COC(=O)Cc1nc(C2CCN(C)CC2)cs1. The van der Waals surface area contributed by atoms with E-state index in [9.17, 15) is 4.79 Å². The normalized spacial score (nSPS) is 18.2. The molecule has 2 heterocycles. The molecule has 0 saturated carbocycles. The minimum Gasteiger partial charge on any atom is -0.469 e. The van der Waals surface area contributed by atoms with Gasteiger partial charge >= 0.3 is 5.97 Å². The van der Waals surface area contributed by atoms with E-state index >= 15 is 0 Å². The number of hydrogen-bond donors (Lipinski definition) is 0. The zero-order chi connectivity index (χ0) is 12.3. The highest BCUT2D eigenvalue weighted by molar-refractivity contribution is 7.09. The first-order valence-corrected chi connectivity index (χ1v) is 6.76. The third-order valence-corrected chi connectivity index (χ3v) is 4.10. The van der Waals surface area contributed by atoms with Gasteiger partial charge in [0.2, 0.25) is 0 Å². The van der Waals surface area contributed by atoms with Crippen LogP contribution in [-0.4, -0.2) is 43.1 Å². The van der Waals surface area contributed by atoms with Crippen LogP contribution in [0.25, 0.3) is 0 Å². The second kappa shape index (κ2) is 5.60. The highest BCUT2D eigenvalue weighted by Crippen LogP contribution is 2.28. The van der Waals surface area contributed by atoms with Gasteiger partial charge in [0, 0.05) is 11.3 Å². The van der Waals surface area contributed by atoms with E-state index in [1.807, 2.05) is 0 Å². The van der Waals surface area contributed by atoms with Crippen LogP contribution in [-0.2, 0) is 16.0 Å². The van der Waals surface area contributed by atoms with E-state index in [0.717, 1.165) is 36.6 Å². The Labute approximate surface area is 106 Å². The molecule has 0 bridgehead atoms. The third kappa shape index (κ3) is 3.26. The van der Waals surface area contributed by atoms with Gasteiger partial charge in [-0.25, -0.2) is 4.98 Å². The number of methoxy groups -OCH3 is 1. The van der Waals surface area contributed by atoms with Gasteiger partial charge in [-0.05, 0) is 33.0 Å². The average Bonchev–Trinajstić information content (AvgIpc) is 2.78. The van der Waals surface area contributed by atoms with Crippen LogP contribution < -0.4 is 0 Å². The van der Waals surface area contributed by atoms with Crippen LogP contribution in [0.1, 0.15) is 29.5 Å². The van der Waals surface area contributed by atoms with Gasteiger partial charge in [0.1, 0.15) is 5.01 Å². The van der Waals surface area contributed by atoms with Crippen LogP contribution in [0.5, 0.6) is 0 Å². The van der Waals surface area contributed by atoms with E-state index < -0.39 is 0 Å². The van der Waals surface area contributed by atoms with Crippen molar-refractivity contribution in [2.45, 2.75) is 25.2 Å². The van der Waals surface area contributed by atoms with Crippen molar-refractivity contribution >= 4 is 17.3 Å². The number of piperidine rings is 1. The minimum atomic E-state index is -0.214. The fourth-order valence-electron chi connectivity index (χ4n) is 2.09. The predicted octanol–water partition coefficient (Wildman–Crippen LogP) is 1.67. The molecule has 0 N–H and O–H groups in total. The first kappa shape index (κ1) is 12.5. The second-order valence-corrected chi connectivity index (χ2v) is 5.44. The largest absolute Gasteiger partial charge is 0.469 e. The summed E-state index contributed by atoms with van der Waals surface area (Å²) in [6.45, 7) is 2.27. The molecule has 0 atom stereocenters. The van der Waals surface area contributed by atoms with Crippen molar-refractivity contribution in [1.29, 1.82) is 0 Å². The number of likely N-dealkylation sites (tertiary alicyclic amines) is 1. The Bertz CT molecular complexity index is 384. The van der Waals surface area contributed by atoms with Gasteiger partial charge in [0.25, 0.3) is 0 Å². The Morgan fingerprint density at radius 3 is 2.94 bits per heavy atom. The molecule has 0 spiro atoms. The van der Waals surface area contributed by atoms with Crippen LogP contribution in [0.2, 0.25) is 0 Å². The molecule has 1 saturated heterocycles. The first-order valence-electron chi connectivity index (χ1n) is 5.88. The highest BCUT2D eigenvalue weighted by Gasteiger charge is 2.21. The lowest BCUT2D eigenvalue weighted by Gasteiger charge is -2.27. The summed E-state index contributed by atoms with van der Waals surface area (Å²) in [6, 6.07) is 0. The van der Waals surface area contributed by atoms with E-state index in [0.29, 0.717) is 12.3 Å². The highest BCUT2D eigenvalue weighted by atomic mass is 32.1. The molecule has 0 aliphatic carbocycles. The number of rotatable bonds is 3. The van der Waals surface area contributed by atoms with E-state index in [1.165, 1.54) is 7.11 Å². The Hall–Kier alpha value is -0.940. The molecule has 1 aromatic rings. The molecule has 1 aliphatic heterocycles. The summed E-state index contributed by atoms with van der Waals surface area (Å²) in [4.78, 5) is 18.0. The van der Waals surface area contributed by atoms with Crippen LogP contribution in [0.3, 0.4) is 0 Å². The predicted molar refractivity (Wildman–Crippen MR) is 67.3 cm³/mol. The van der Waals surface area contributed by atoms with E-state index in [-0.39, 0.29) is 5.97 Å². The number of esters is 1. The maximum absolute atomic E-state index is 11.1. The molecular formula is C12H18N2O2S. The Kier molecular flexibility index (Phi) is 4.12. The van der Waals surface area contributed by atoms with Gasteiger partial charge < -0.3 is 9.64 Å². The van der Waals surface area contributed by atoms with E-state index in [2.05, 4.69) is 27.0 Å². The molecule has 0 unspecified atom stereocenters. The molecule has 0 radical (unpaired) electrons. The number of thiazole rings is 1. The minimum absolute atomic E-state index is 0.214. The molecule has 1 fully saturated rings. The summed E-state index contributed by atoms with van der Waals surface area (Å²) in [7, 11) is 3.56. The fourth-order valence-corrected chi connectivity index (χ4v) is 2.96. The molecule has 0 amide bonds. The van der Waals surface area contributed by atoms with E-state index in [4.69, 9.17) is 0 Å².